The Kier molecular flexibility index (Phi) is 3.99. The molecule has 4 heteroatoms. The van der Waals surface area contributed by atoms with Gasteiger partial charge in [-0.15, -0.1) is 0 Å². The predicted molar refractivity (Wildman–Crippen MR) is 98.8 cm³/mol. The highest BCUT2D eigenvalue weighted by atomic mass is 16.5. The predicted octanol–water partition coefficient (Wildman–Crippen LogP) is 4.41. The molecular weight excluding hydrogens is 310 g/mol. The fourth-order valence-corrected chi connectivity index (χ4v) is 4.83. The quantitative estimate of drug-likeness (QED) is 0.813. The van der Waals surface area contributed by atoms with Crippen molar-refractivity contribution in [1.29, 1.82) is 0 Å². The first kappa shape index (κ1) is 16.8. The summed E-state index contributed by atoms with van der Waals surface area (Å²) in [4.78, 5) is 7.16. The average molecular weight is 339 g/mol. The highest BCUT2D eigenvalue weighted by Crippen LogP contribution is 2.50. The molecule has 0 saturated carbocycles. The van der Waals surface area contributed by atoms with Crippen LogP contribution in [0.5, 0.6) is 0 Å². The highest BCUT2D eigenvalue weighted by Gasteiger charge is 2.48. The molecule has 0 radical (unpaired) electrons. The van der Waals surface area contributed by atoms with Gasteiger partial charge in [-0.3, -0.25) is 4.90 Å². The summed E-state index contributed by atoms with van der Waals surface area (Å²) in [6.07, 6.45) is 3.68. The molecule has 2 aromatic rings. The number of aromatic nitrogens is 2. The summed E-state index contributed by atoms with van der Waals surface area (Å²) in [5.74, 6) is 2.31. The van der Waals surface area contributed by atoms with E-state index in [1.165, 1.54) is 30.4 Å². The third-order valence-corrected chi connectivity index (χ3v) is 6.30. The van der Waals surface area contributed by atoms with Gasteiger partial charge in [0.25, 0.3) is 0 Å². The zero-order valence-corrected chi connectivity index (χ0v) is 16.0. The van der Waals surface area contributed by atoms with E-state index in [9.17, 15) is 0 Å². The van der Waals surface area contributed by atoms with E-state index in [0.717, 1.165) is 11.7 Å². The third-order valence-electron chi connectivity index (χ3n) is 6.30. The van der Waals surface area contributed by atoms with Crippen molar-refractivity contribution in [2.45, 2.75) is 76.3 Å². The topological polar surface area (TPSA) is 42.2 Å². The van der Waals surface area contributed by atoms with E-state index in [0.29, 0.717) is 23.9 Å². The van der Waals surface area contributed by atoms with Gasteiger partial charge in [-0.1, -0.05) is 50.2 Å². The zero-order valence-electron chi connectivity index (χ0n) is 16.0. The molecule has 0 spiro atoms. The highest BCUT2D eigenvalue weighted by molar-refractivity contribution is 5.33. The molecular formula is C21H29N3O. The third kappa shape index (κ3) is 2.91. The number of nitrogens with zero attached hydrogens (tertiary/aromatic N) is 3. The Morgan fingerprint density at radius 2 is 1.84 bits per heavy atom. The van der Waals surface area contributed by atoms with Crippen LogP contribution in [-0.2, 0) is 5.41 Å². The maximum absolute atomic E-state index is 5.64. The van der Waals surface area contributed by atoms with Gasteiger partial charge in [-0.2, -0.15) is 4.98 Å². The molecule has 134 valence electrons. The van der Waals surface area contributed by atoms with Crippen LogP contribution in [0.25, 0.3) is 0 Å². The van der Waals surface area contributed by atoms with Crippen molar-refractivity contribution < 1.29 is 4.52 Å². The van der Waals surface area contributed by atoms with E-state index >= 15 is 0 Å². The normalized spacial score (nSPS) is 30.0. The fourth-order valence-electron chi connectivity index (χ4n) is 4.83. The van der Waals surface area contributed by atoms with E-state index in [4.69, 9.17) is 4.52 Å². The van der Waals surface area contributed by atoms with Gasteiger partial charge in [0.15, 0.2) is 5.82 Å². The summed E-state index contributed by atoms with van der Waals surface area (Å²) in [5, 5.41) is 4.07. The lowest BCUT2D eigenvalue weighted by atomic mass is 9.75. The molecule has 4 nitrogen and oxygen atoms in total. The number of benzene rings is 1. The molecule has 4 rings (SSSR count). The second-order valence-corrected chi connectivity index (χ2v) is 8.88. The molecule has 1 unspecified atom stereocenters. The number of fused-ring (bicyclic) bond motifs is 2. The number of hydrogen-bond donors (Lipinski definition) is 0. The van der Waals surface area contributed by atoms with Crippen LogP contribution in [0.15, 0.2) is 28.8 Å². The molecule has 4 atom stereocenters. The van der Waals surface area contributed by atoms with Gasteiger partial charge in [0, 0.05) is 12.1 Å². The van der Waals surface area contributed by atoms with Crippen molar-refractivity contribution in [3.05, 3.63) is 47.1 Å². The van der Waals surface area contributed by atoms with Crippen LogP contribution < -0.4 is 0 Å². The van der Waals surface area contributed by atoms with Crippen LogP contribution in [0.1, 0.15) is 74.7 Å². The summed E-state index contributed by atoms with van der Waals surface area (Å²) in [5.41, 5.74) is 2.99. The van der Waals surface area contributed by atoms with Crippen LogP contribution in [0.4, 0.5) is 0 Å². The maximum atomic E-state index is 5.64. The van der Waals surface area contributed by atoms with E-state index in [-0.39, 0.29) is 5.41 Å². The molecule has 2 bridgehead atoms. The standard InChI is InChI=1S/C21H29N3O/c1-13-22-20(25-23-13)19-17(12-16-10-11-18(19)24(16)5)14-6-8-15(9-7-14)21(2,3)4/h6-9,16-19H,10-12H2,1-5H3/t16?,17-,18-,19-/m1/s1. The van der Waals surface area contributed by atoms with Crippen molar-refractivity contribution in [2.24, 2.45) is 0 Å². The molecule has 3 heterocycles. The van der Waals surface area contributed by atoms with Crippen LogP contribution in [-0.4, -0.2) is 34.2 Å². The minimum Gasteiger partial charge on any atom is -0.339 e. The smallest absolute Gasteiger partial charge is 0.231 e. The molecule has 2 saturated heterocycles. The lowest BCUT2D eigenvalue weighted by Crippen LogP contribution is -2.44. The fraction of sp³-hybridized carbons (Fsp3) is 0.619. The minimum atomic E-state index is 0.188. The molecule has 2 aliphatic heterocycles. The Labute approximate surface area is 150 Å². The molecule has 2 aliphatic rings. The van der Waals surface area contributed by atoms with Crippen molar-refractivity contribution >= 4 is 0 Å². The Bertz CT molecular complexity index is 743. The van der Waals surface area contributed by atoms with Crippen LogP contribution in [0, 0.1) is 6.92 Å². The largest absolute Gasteiger partial charge is 0.339 e. The van der Waals surface area contributed by atoms with E-state index in [2.05, 4.69) is 67.1 Å². The molecule has 0 aliphatic carbocycles. The molecule has 2 fully saturated rings. The number of likely N-dealkylation sites (N-methyl/N-ethyl adjacent to an activating group) is 1. The summed E-state index contributed by atoms with van der Waals surface area (Å²) < 4.78 is 5.64. The minimum absolute atomic E-state index is 0.188. The summed E-state index contributed by atoms with van der Waals surface area (Å²) >= 11 is 0. The van der Waals surface area contributed by atoms with Crippen LogP contribution >= 0.6 is 0 Å². The van der Waals surface area contributed by atoms with Crippen molar-refractivity contribution in [3.8, 4) is 0 Å². The van der Waals surface area contributed by atoms with Crippen LogP contribution in [0.2, 0.25) is 0 Å². The number of rotatable bonds is 2. The van der Waals surface area contributed by atoms with Gasteiger partial charge in [0.05, 0.1) is 5.92 Å². The van der Waals surface area contributed by atoms with Gasteiger partial charge in [0.2, 0.25) is 5.89 Å². The monoisotopic (exact) mass is 339 g/mol. The molecule has 1 aromatic carbocycles. The molecule has 0 N–H and O–H groups in total. The Hall–Kier alpha value is -1.68. The lowest BCUT2D eigenvalue weighted by Gasteiger charge is -2.41. The Balaban J connectivity index is 1.71. The van der Waals surface area contributed by atoms with Gasteiger partial charge < -0.3 is 4.52 Å². The van der Waals surface area contributed by atoms with E-state index in [1.807, 2.05) is 6.92 Å². The Morgan fingerprint density at radius 1 is 1.12 bits per heavy atom. The first-order valence-electron chi connectivity index (χ1n) is 9.47. The average Bonchev–Trinajstić information content (AvgIpc) is 3.07. The second-order valence-electron chi connectivity index (χ2n) is 8.88. The molecule has 25 heavy (non-hydrogen) atoms. The van der Waals surface area contributed by atoms with Gasteiger partial charge >= 0.3 is 0 Å². The number of hydrogen-bond acceptors (Lipinski definition) is 4. The lowest BCUT2D eigenvalue weighted by molar-refractivity contribution is 0.120. The van der Waals surface area contributed by atoms with E-state index < -0.39 is 0 Å². The van der Waals surface area contributed by atoms with Gasteiger partial charge in [0.1, 0.15) is 0 Å². The van der Waals surface area contributed by atoms with Gasteiger partial charge in [-0.25, -0.2) is 0 Å². The maximum Gasteiger partial charge on any atom is 0.231 e. The Morgan fingerprint density at radius 3 is 2.44 bits per heavy atom. The summed E-state index contributed by atoms with van der Waals surface area (Å²) in [7, 11) is 2.26. The number of piperidine rings is 1. The molecule has 1 aromatic heterocycles. The van der Waals surface area contributed by atoms with Crippen LogP contribution in [0.3, 0.4) is 0 Å². The summed E-state index contributed by atoms with van der Waals surface area (Å²) in [6, 6.07) is 10.4. The number of aryl methyl sites for hydroxylation is 1. The van der Waals surface area contributed by atoms with Crippen molar-refractivity contribution in [3.63, 3.8) is 0 Å². The first-order chi connectivity index (χ1) is 11.8. The summed E-state index contributed by atoms with van der Waals surface area (Å²) in [6.45, 7) is 8.70. The zero-order chi connectivity index (χ0) is 17.8. The van der Waals surface area contributed by atoms with Crippen molar-refractivity contribution in [2.75, 3.05) is 7.05 Å². The van der Waals surface area contributed by atoms with E-state index in [1.54, 1.807) is 0 Å². The van der Waals surface area contributed by atoms with Gasteiger partial charge in [-0.05, 0) is 55.7 Å². The second kappa shape index (κ2) is 5.94. The first-order valence-corrected chi connectivity index (χ1v) is 9.47. The van der Waals surface area contributed by atoms with Crippen molar-refractivity contribution in [1.82, 2.24) is 15.0 Å². The SMILES string of the molecule is Cc1noc([C@@H]2[C@@H](c3ccc(C(C)(C)C)cc3)CC3CC[C@H]2N3C)n1. The molecule has 0 amide bonds.